The van der Waals surface area contributed by atoms with Crippen LogP contribution in [0.5, 0.6) is 0 Å². The van der Waals surface area contributed by atoms with Gasteiger partial charge in [-0.3, -0.25) is 4.99 Å². The molecule has 0 saturated heterocycles. The lowest BCUT2D eigenvalue weighted by molar-refractivity contribution is -0.0214. The van der Waals surface area contributed by atoms with Crippen LogP contribution in [0.1, 0.15) is 182 Å². The maximum Gasteiger partial charge on any atom is 0.293 e. The summed E-state index contributed by atoms with van der Waals surface area (Å²) < 4.78 is 37.4. The van der Waals surface area contributed by atoms with Gasteiger partial charge in [-0.1, -0.05) is 5.16 Å². The van der Waals surface area contributed by atoms with Crippen molar-refractivity contribution >= 4 is 23.1 Å². The van der Waals surface area contributed by atoms with Gasteiger partial charge in [-0.05, 0) is 304 Å². The number of halogens is 1. The summed E-state index contributed by atoms with van der Waals surface area (Å²) >= 11 is 1.92. The summed E-state index contributed by atoms with van der Waals surface area (Å²) in [7, 11) is 0. The van der Waals surface area contributed by atoms with Crippen molar-refractivity contribution in [3.05, 3.63) is 138 Å². The topological polar surface area (TPSA) is 157 Å². The fourth-order valence-corrected chi connectivity index (χ4v) is 23.5. The molecule has 16 fully saturated rings. The standard InChI is InChI=1S/C20H23FN2O.C19H24N2O.C19H24N2S.C17H21N3O2/c21-17-3-1-16(2-4-17)19-23-18(12-24-19)11-22-20-8-13-5-14(9-20)7-15(6-13)10-20;1-2-18(16-3-4-20-11-16)22-17(1)12-21-19-8-13-5-14(9-19)7-15(6-13)10-19;1-2-6-21(5-1)18-4-3-17(22-18)13-20-19-10-14-7-15(11-19)9-16(8-14)12-19;1-2-14(21-3-1)16-19-15(20-22-16)10-18-17-7-11-4-12(8-17)6-13(5-11)9-17/h1-4,12-15,22H,5-11H2;1-4,13-15,21H,5-12H2;1-6,14-16,20H,7-13H2;1-3,11-13,18H,4-10H2. The molecule has 16 aliphatic carbocycles. The predicted octanol–water partition coefficient (Wildman–Crippen LogP) is 16.3. The van der Waals surface area contributed by atoms with Gasteiger partial charge in [-0.25, -0.2) is 9.37 Å². The molecule has 7 heterocycles. The fourth-order valence-electron chi connectivity index (χ4n) is 22.6. The van der Waals surface area contributed by atoms with Crippen LogP contribution in [0, 0.1) is 76.8 Å². The monoisotopic (exact) mass is 1230 g/mol. The maximum absolute atomic E-state index is 13.0. The number of thiophene rings is 1. The first-order chi connectivity index (χ1) is 44.0. The first kappa shape index (κ1) is 58.1. The molecule has 6 aromatic heterocycles. The van der Waals surface area contributed by atoms with E-state index in [1.807, 2.05) is 29.7 Å². The highest BCUT2D eigenvalue weighted by Gasteiger charge is 2.54. The van der Waals surface area contributed by atoms with Gasteiger partial charge < -0.3 is 43.6 Å². The number of benzene rings is 1. The van der Waals surface area contributed by atoms with Crippen molar-refractivity contribution in [1.29, 1.82) is 0 Å². The number of hydrogen-bond acceptors (Lipinski definition) is 13. The molecule has 16 saturated carbocycles. The molecule has 16 bridgehead atoms. The highest BCUT2D eigenvalue weighted by molar-refractivity contribution is 7.14. The molecule has 24 rings (SSSR count). The minimum atomic E-state index is -0.242. The number of aromatic nitrogens is 4. The van der Waals surface area contributed by atoms with Crippen LogP contribution in [0.4, 0.5) is 4.39 Å². The molecule has 90 heavy (non-hydrogen) atoms. The molecule has 13 nitrogen and oxygen atoms in total. The lowest BCUT2D eigenvalue weighted by Gasteiger charge is -2.57. The van der Waals surface area contributed by atoms with E-state index in [-0.39, 0.29) is 5.82 Å². The Bertz CT molecular complexity index is 3390. The van der Waals surface area contributed by atoms with Crippen LogP contribution in [-0.4, -0.2) is 54.6 Å². The number of oxazole rings is 1. The number of nitrogens with zero attached hydrogens (tertiary/aromatic N) is 5. The van der Waals surface area contributed by atoms with Crippen molar-refractivity contribution < 1.29 is 22.2 Å². The Morgan fingerprint density at radius 1 is 0.500 bits per heavy atom. The smallest absolute Gasteiger partial charge is 0.293 e. The van der Waals surface area contributed by atoms with E-state index in [1.54, 1.807) is 24.7 Å². The number of hydrogen-bond donors (Lipinski definition) is 4. The molecule has 1 aromatic carbocycles. The minimum absolute atomic E-state index is 0.242. The van der Waals surface area contributed by atoms with Crippen LogP contribution in [0.15, 0.2) is 127 Å². The Morgan fingerprint density at radius 2 is 1.01 bits per heavy atom. The van der Waals surface area contributed by atoms with E-state index in [2.05, 4.69) is 101 Å². The van der Waals surface area contributed by atoms with Crippen LogP contribution < -0.4 is 21.3 Å². The minimum Gasteiger partial charge on any atom is -0.460 e. The quantitative estimate of drug-likeness (QED) is 0.0730. The molecular weight excluding hydrogens is 1140 g/mol. The molecule has 0 spiro atoms. The third-order valence-corrected chi connectivity index (χ3v) is 25.8. The van der Waals surface area contributed by atoms with Gasteiger partial charge in [0.25, 0.3) is 5.89 Å². The number of nitrogens with one attached hydrogen (secondary N) is 4. The Labute approximate surface area is 534 Å². The van der Waals surface area contributed by atoms with Gasteiger partial charge in [0, 0.05) is 69.9 Å². The molecule has 0 amide bonds. The summed E-state index contributed by atoms with van der Waals surface area (Å²) in [6.45, 7) is 4.14. The van der Waals surface area contributed by atoms with Gasteiger partial charge in [0.1, 0.15) is 23.6 Å². The lowest BCUT2D eigenvalue weighted by atomic mass is 9.53. The van der Waals surface area contributed by atoms with E-state index in [4.69, 9.17) is 17.8 Å². The molecule has 0 radical (unpaired) electrons. The number of furan rings is 2. The van der Waals surface area contributed by atoms with Crippen LogP contribution >= 0.6 is 11.3 Å². The molecule has 15 heteroatoms. The van der Waals surface area contributed by atoms with E-state index in [0.717, 1.165) is 126 Å². The van der Waals surface area contributed by atoms with E-state index >= 15 is 0 Å². The summed E-state index contributed by atoms with van der Waals surface area (Å²) in [6, 6.07) is 22.9. The van der Waals surface area contributed by atoms with Crippen molar-refractivity contribution in [1.82, 2.24) is 41.0 Å². The Hall–Kier alpha value is -5.71. The Balaban J connectivity index is 0.0000000925. The van der Waals surface area contributed by atoms with Crippen molar-refractivity contribution in [2.75, 3.05) is 6.54 Å². The number of rotatable bonds is 16. The molecular formula is C75H92FN9O4S. The zero-order valence-corrected chi connectivity index (χ0v) is 53.3. The summed E-state index contributed by atoms with van der Waals surface area (Å²) in [5, 5.41) is 20.9. The van der Waals surface area contributed by atoms with E-state index in [0.29, 0.717) is 46.2 Å². The maximum atomic E-state index is 13.0. The van der Waals surface area contributed by atoms with Gasteiger partial charge in [-0.15, -0.1) is 11.3 Å². The second-order valence-corrected chi connectivity index (χ2v) is 32.8. The zero-order valence-electron chi connectivity index (χ0n) is 52.5. The van der Waals surface area contributed by atoms with Gasteiger partial charge in [0.2, 0.25) is 5.89 Å². The zero-order chi connectivity index (χ0) is 59.9. The fraction of sp³-hybridized carbons (Fsp3) is 0.600. The summed E-state index contributed by atoms with van der Waals surface area (Å²) in [6.07, 6.45) is 45.9. The van der Waals surface area contributed by atoms with Crippen LogP contribution in [0.3, 0.4) is 0 Å². The normalized spacial score (nSPS) is 36.2. The third-order valence-electron chi connectivity index (χ3n) is 24.7. The molecule has 17 aliphatic rings. The summed E-state index contributed by atoms with van der Waals surface area (Å²) in [4.78, 5) is 14.7. The Kier molecular flexibility index (Phi) is 15.5. The van der Waals surface area contributed by atoms with Crippen molar-refractivity contribution in [3.8, 4) is 28.1 Å². The largest absolute Gasteiger partial charge is 0.460 e. The summed E-state index contributed by atoms with van der Waals surface area (Å²) in [5.41, 5.74) is 4.51. The van der Waals surface area contributed by atoms with E-state index in [1.165, 1.54) is 182 Å². The van der Waals surface area contributed by atoms with Crippen molar-refractivity contribution in [2.24, 2.45) is 76.0 Å². The average Bonchev–Trinajstić information content (AvgIpc) is 0.908. The first-order valence-corrected chi connectivity index (χ1v) is 35.9. The highest BCUT2D eigenvalue weighted by atomic mass is 32.1. The molecule has 7 aromatic rings. The molecule has 474 valence electrons. The molecule has 0 unspecified atom stereocenters. The Morgan fingerprint density at radius 3 is 1.51 bits per heavy atom. The average molecular weight is 1230 g/mol. The van der Waals surface area contributed by atoms with Gasteiger partial charge in [0.15, 0.2) is 11.6 Å². The van der Waals surface area contributed by atoms with E-state index in [9.17, 15) is 4.39 Å². The SMILES string of the molecule is C1=NCC(c2ccc(CNC34CC5CC(CC(C5)C3)C4)o2)=C1.Fc1ccc(-c2nc(CNC34CC5CC(CC(C5)C3)C4)co2)cc1.c1ccn(-c2ccc(CNC34CC5CC(CC(C5)C3)C4)s2)c1.c1coc(-c2nc(CNC34CC5CC(CC(C5)C3)C4)no2)c1. The third kappa shape index (κ3) is 12.4. The van der Waals surface area contributed by atoms with Crippen LogP contribution in [-0.2, 0) is 26.2 Å². The second-order valence-electron chi connectivity index (χ2n) is 31.6. The van der Waals surface area contributed by atoms with Crippen molar-refractivity contribution in [3.63, 3.8) is 0 Å². The summed E-state index contributed by atoms with van der Waals surface area (Å²) in [5.74, 6) is 15.9. The number of allylic oxidation sites excluding steroid dienone is 1. The predicted molar refractivity (Wildman–Crippen MR) is 349 cm³/mol. The second kappa shape index (κ2) is 24.0. The van der Waals surface area contributed by atoms with Gasteiger partial charge in [0.05, 0.1) is 36.6 Å². The van der Waals surface area contributed by atoms with E-state index < -0.39 is 0 Å². The molecule has 0 atom stereocenters. The molecule has 1 aliphatic heterocycles. The van der Waals surface area contributed by atoms with Gasteiger partial charge >= 0.3 is 0 Å². The first-order valence-electron chi connectivity index (χ1n) is 35.1. The molecule has 4 N–H and O–H groups in total. The number of aliphatic imine (C=N–C) groups is 1. The van der Waals surface area contributed by atoms with Crippen LogP contribution in [0.25, 0.3) is 33.7 Å². The van der Waals surface area contributed by atoms with Crippen LogP contribution in [0.2, 0.25) is 0 Å². The van der Waals surface area contributed by atoms with Crippen molar-refractivity contribution in [2.45, 2.75) is 202 Å². The highest BCUT2D eigenvalue weighted by Crippen LogP contribution is 2.59. The lowest BCUT2D eigenvalue weighted by Crippen LogP contribution is -2.58. The van der Waals surface area contributed by atoms with Gasteiger partial charge in [-0.2, -0.15) is 4.98 Å².